The Morgan fingerprint density at radius 3 is 2.38 bits per heavy atom. The number of rotatable bonds is 6. The van der Waals surface area contributed by atoms with Gasteiger partial charge in [-0.25, -0.2) is 13.2 Å². The van der Waals surface area contributed by atoms with Gasteiger partial charge in [0.15, 0.2) is 0 Å². The first-order valence-electron chi connectivity index (χ1n) is 7.74. The number of nitrogens with one attached hydrogen (secondary N) is 1. The van der Waals surface area contributed by atoms with Crippen LogP contribution in [0.4, 0.5) is 0 Å². The highest BCUT2D eigenvalue weighted by atomic mass is 32.2. The number of aliphatic carboxylic acids is 1. The molecule has 1 aromatic carbocycles. The molecule has 1 aliphatic carbocycles. The zero-order valence-corrected chi connectivity index (χ0v) is 14.8. The number of benzene rings is 1. The third kappa shape index (κ3) is 3.29. The van der Waals surface area contributed by atoms with E-state index in [0.717, 1.165) is 6.42 Å². The van der Waals surface area contributed by atoms with Gasteiger partial charge in [-0.3, -0.25) is 4.79 Å². The minimum Gasteiger partial charge on any atom is -0.480 e. The first-order valence-corrected chi connectivity index (χ1v) is 9.18. The number of hydrogen-bond donors (Lipinski definition) is 2. The van der Waals surface area contributed by atoms with Crippen LogP contribution in [0.3, 0.4) is 0 Å². The quantitative estimate of drug-likeness (QED) is 0.805. The molecule has 0 aromatic heterocycles. The summed E-state index contributed by atoms with van der Waals surface area (Å²) in [7, 11) is -2.24. The molecule has 132 valence electrons. The van der Waals surface area contributed by atoms with Gasteiger partial charge in [0, 0.05) is 18.7 Å². The molecule has 0 atom stereocenters. The van der Waals surface area contributed by atoms with Crippen LogP contribution in [0.25, 0.3) is 0 Å². The van der Waals surface area contributed by atoms with E-state index in [2.05, 4.69) is 5.32 Å². The van der Waals surface area contributed by atoms with Gasteiger partial charge < -0.3 is 10.4 Å². The third-order valence-corrected chi connectivity index (χ3v) is 6.50. The fourth-order valence-electron chi connectivity index (χ4n) is 2.45. The fourth-order valence-corrected chi connectivity index (χ4v) is 3.87. The molecule has 1 fully saturated rings. The lowest BCUT2D eigenvalue weighted by molar-refractivity contribution is -0.148. The maximum atomic E-state index is 12.5. The van der Waals surface area contributed by atoms with Crippen molar-refractivity contribution in [1.29, 1.82) is 0 Å². The lowest BCUT2D eigenvalue weighted by Gasteiger charge is -2.38. The maximum absolute atomic E-state index is 12.5. The third-order valence-electron chi connectivity index (χ3n) is 4.47. The van der Waals surface area contributed by atoms with Crippen molar-refractivity contribution in [3.8, 4) is 0 Å². The van der Waals surface area contributed by atoms with E-state index in [1.54, 1.807) is 13.8 Å². The zero-order chi connectivity index (χ0) is 18.1. The predicted octanol–water partition coefficient (Wildman–Crippen LogP) is 1.45. The number of hydrogen-bond acceptors (Lipinski definition) is 4. The van der Waals surface area contributed by atoms with Gasteiger partial charge in [-0.05, 0) is 51.3 Å². The molecule has 0 radical (unpaired) electrons. The van der Waals surface area contributed by atoms with E-state index in [-0.39, 0.29) is 16.5 Å². The SMILES string of the molecule is CC(C)N(C)S(=O)(=O)c1cccc(C(=O)NC2(C(=O)O)CCC2)c1. The Bertz CT molecular complexity index is 753. The van der Waals surface area contributed by atoms with Crippen molar-refractivity contribution in [3.63, 3.8) is 0 Å². The van der Waals surface area contributed by atoms with Crippen LogP contribution in [0, 0.1) is 0 Å². The second-order valence-electron chi connectivity index (χ2n) is 6.34. The molecule has 0 bridgehead atoms. The molecular weight excluding hydrogens is 332 g/mol. The van der Waals surface area contributed by atoms with Crippen LogP contribution in [0.15, 0.2) is 29.2 Å². The van der Waals surface area contributed by atoms with E-state index in [1.165, 1.54) is 35.6 Å². The van der Waals surface area contributed by atoms with Gasteiger partial charge in [0.25, 0.3) is 5.91 Å². The summed E-state index contributed by atoms with van der Waals surface area (Å²) in [4.78, 5) is 23.7. The Labute approximate surface area is 141 Å². The average molecular weight is 354 g/mol. The number of sulfonamides is 1. The van der Waals surface area contributed by atoms with Crippen LogP contribution in [-0.2, 0) is 14.8 Å². The Balaban J connectivity index is 2.28. The largest absolute Gasteiger partial charge is 0.480 e. The fraction of sp³-hybridized carbons (Fsp3) is 0.500. The van der Waals surface area contributed by atoms with E-state index >= 15 is 0 Å². The Morgan fingerprint density at radius 1 is 1.29 bits per heavy atom. The van der Waals surface area contributed by atoms with Crippen LogP contribution < -0.4 is 5.32 Å². The summed E-state index contributed by atoms with van der Waals surface area (Å²) in [6, 6.07) is 5.42. The molecular formula is C16H22N2O5S. The second kappa shape index (κ2) is 6.52. The van der Waals surface area contributed by atoms with E-state index in [9.17, 15) is 23.1 Å². The second-order valence-corrected chi connectivity index (χ2v) is 8.34. The summed E-state index contributed by atoms with van der Waals surface area (Å²) >= 11 is 0. The standard InChI is InChI=1S/C16H22N2O5S/c1-11(2)18(3)24(22,23)13-7-4-6-12(10-13)14(19)17-16(15(20)21)8-5-9-16/h4,6-7,10-11H,5,8-9H2,1-3H3,(H,17,19)(H,20,21). The maximum Gasteiger partial charge on any atom is 0.329 e. The van der Waals surface area contributed by atoms with E-state index in [4.69, 9.17) is 0 Å². The molecule has 2 N–H and O–H groups in total. The normalized spacial score (nSPS) is 16.7. The summed E-state index contributed by atoms with van der Waals surface area (Å²) in [5, 5.41) is 11.8. The van der Waals surface area contributed by atoms with Crippen LogP contribution in [0.5, 0.6) is 0 Å². The average Bonchev–Trinajstić information content (AvgIpc) is 2.49. The predicted molar refractivity (Wildman–Crippen MR) is 88.2 cm³/mol. The number of amides is 1. The molecule has 1 amide bonds. The molecule has 2 rings (SSSR count). The minimum absolute atomic E-state index is 0.00401. The number of carboxylic acids is 1. The molecule has 1 aromatic rings. The van der Waals surface area contributed by atoms with Crippen molar-refractivity contribution >= 4 is 21.9 Å². The number of carbonyl (C=O) groups excluding carboxylic acids is 1. The Morgan fingerprint density at radius 2 is 1.92 bits per heavy atom. The van der Waals surface area contributed by atoms with Crippen LogP contribution in [0.2, 0.25) is 0 Å². The molecule has 24 heavy (non-hydrogen) atoms. The highest BCUT2D eigenvalue weighted by Gasteiger charge is 2.45. The number of carbonyl (C=O) groups is 2. The van der Waals surface area contributed by atoms with Crippen molar-refractivity contribution in [2.24, 2.45) is 0 Å². The van der Waals surface area contributed by atoms with Gasteiger partial charge in [0.1, 0.15) is 5.54 Å². The molecule has 0 spiro atoms. The Kier molecular flexibility index (Phi) is 5.00. The molecule has 1 saturated carbocycles. The summed E-state index contributed by atoms with van der Waals surface area (Å²) in [5.41, 5.74) is -1.11. The van der Waals surface area contributed by atoms with Crippen molar-refractivity contribution in [1.82, 2.24) is 9.62 Å². The monoisotopic (exact) mass is 354 g/mol. The summed E-state index contributed by atoms with van der Waals surface area (Å²) < 4.78 is 26.2. The van der Waals surface area contributed by atoms with Crippen molar-refractivity contribution < 1.29 is 23.1 Å². The summed E-state index contributed by atoms with van der Waals surface area (Å²) in [5.74, 6) is -1.65. The molecule has 0 aliphatic heterocycles. The lowest BCUT2D eigenvalue weighted by atomic mass is 9.76. The Hall–Kier alpha value is -1.93. The zero-order valence-electron chi connectivity index (χ0n) is 13.9. The van der Waals surface area contributed by atoms with Gasteiger partial charge >= 0.3 is 5.97 Å². The van der Waals surface area contributed by atoms with E-state index in [1.807, 2.05) is 0 Å². The van der Waals surface area contributed by atoms with Crippen molar-refractivity contribution in [2.45, 2.75) is 49.6 Å². The highest BCUT2D eigenvalue weighted by molar-refractivity contribution is 7.89. The first kappa shape index (κ1) is 18.4. The van der Waals surface area contributed by atoms with Crippen LogP contribution in [-0.4, -0.2) is 48.3 Å². The van der Waals surface area contributed by atoms with Crippen LogP contribution >= 0.6 is 0 Å². The van der Waals surface area contributed by atoms with E-state index in [0.29, 0.717) is 12.8 Å². The highest BCUT2D eigenvalue weighted by Crippen LogP contribution is 2.32. The van der Waals surface area contributed by atoms with Gasteiger partial charge in [0.2, 0.25) is 10.0 Å². The molecule has 8 heteroatoms. The summed E-state index contributed by atoms with van der Waals surface area (Å²) in [6.07, 6.45) is 1.49. The van der Waals surface area contributed by atoms with Gasteiger partial charge in [-0.15, -0.1) is 0 Å². The minimum atomic E-state index is -3.71. The topological polar surface area (TPSA) is 104 Å². The molecule has 7 nitrogen and oxygen atoms in total. The molecule has 0 saturated heterocycles. The molecule has 1 aliphatic rings. The van der Waals surface area contributed by atoms with Gasteiger partial charge in [0.05, 0.1) is 4.90 Å². The van der Waals surface area contributed by atoms with Gasteiger partial charge in [-0.2, -0.15) is 4.31 Å². The van der Waals surface area contributed by atoms with Crippen molar-refractivity contribution in [2.75, 3.05) is 7.05 Å². The van der Waals surface area contributed by atoms with Crippen molar-refractivity contribution in [3.05, 3.63) is 29.8 Å². The summed E-state index contributed by atoms with van der Waals surface area (Å²) in [6.45, 7) is 3.50. The van der Waals surface area contributed by atoms with Crippen LogP contribution in [0.1, 0.15) is 43.5 Å². The smallest absolute Gasteiger partial charge is 0.329 e. The molecule has 0 heterocycles. The number of carboxylic acid groups (broad SMARTS) is 1. The van der Waals surface area contributed by atoms with Gasteiger partial charge in [-0.1, -0.05) is 6.07 Å². The lowest BCUT2D eigenvalue weighted by Crippen LogP contribution is -2.59. The molecule has 0 unspecified atom stereocenters. The van der Waals surface area contributed by atoms with E-state index < -0.39 is 27.4 Å². The first-order chi connectivity index (χ1) is 11.1. The number of nitrogens with zero attached hydrogens (tertiary/aromatic N) is 1.